The Morgan fingerprint density at radius 2 is 1.83 bits per heavy atom. The van der Waals surface area contributed by atoms with E-state index in [1.54, 1.807) is 13.8 Å². The lowest BCUT2D eigenvalue weighted by molar-refractivity contribution is -0.139. The summed E-state index contributed by atoms with van der Waals surface area (Å²) in [6.45, 7) is 10.5. The Balaban J connectivity index is 1.71. The molecule has 2 aliphatic rings. The van der Waals surface area contributed by atoms with E-state index in [0.717, 1.165) is 42.3 Å². The number of hydrogen-bond donors (Lipinski definition) is 1. The minimum atomic E-state index is -4.63. The van der Waals surface area contributed by atoms with Gasteiger partial charge in [-0.1, -0.05) is 0 Å². The van der Waals surface area contributed by atoms with Crippen molar-refractivity contribution in [1.29, 1.82) is 0 Å². The van der Waals surface area contributed by atoms with E-state index in [-0.39, 0.29) is 21.9 Å². The zero-order valence-corrected chi connectivity index (χ0v) is 22.3. The molecule has 1 N–H and O–H groups in total. The first-order valence-electron chi connectivity index (χ1n) is 12.0. The van der Waals surface area contributed by atoms with Crippen LogP contribution in [0.3, 0.4) is 0 Å². The molecule has 10 heteroatoms. The Labute approximate surface area is 210 Å². The van der Waals surface area contributed by atoms with Gasteiger partial charge in [0.1, 0.15) is 23.2 Å². The highest BCUT2D eigenvalue weighted by atomic mass is 32.2. The van der Waals surface area contributed by atoms with Gasteiger partial charge < -0.3 is 14.4 Å². The van der Waals surface area contributed by atoms with Crippen molar-refractivity contribution in [2.45, 2.75) is 76.7 Å². The number of nitrogens with one attached hydrogen (secondary N) is 1. The highest BCUT2D eigenvalue weighted by Crippen LogP contribution is 2.43. The van der Waals surface area contributed by atoms with Crippen LogP contribution >= 0.6 is 0 Å². The number of sulfonamides is 1. The molecule has 198 valence electrons. The van der Waals surface area contributed by atoms with Crippen LogP contribution in [0.15, 0.2) is 23.1 Å². The van der Waals surface area contributed by atoms with Crippen LogP contribution in [0.25, 0.3) is 0 Å². The summed E-state index contributed by atoms with van der Waals surface area (Å²) in [6.07, 6.45) is -3.03. The summed E-state index contributed by atoms with van der Waals surface area (Å²) in [4.78, 5) is 2.10. The lowest BCUT2D eigenvalue weighted by Gasteiger charge is -2.35. The summed E-state index contributed by atoms with van der Waals surface area (Å²) in [6, 6.07) is 3.11. The van der Waals surface area contributed by atoms with Crippen molar-refractivity contribution in [1.82, 2.24) is 4.90 Å². The highest BCUT2D eigenvalue weighted by molar-refractivity contribution is 7.92. The lowest BCUT2D eigenvalue weighted by Crippen LogP contribution is -2.34. The number of rotatable bonds is 5. The molecule has 4 rings (SSSR count). The molecule has 0 aromatic heterocycles. The van der Waals surface area contributed by atoms with Gasteiger partial charge in [-0.25, -0.2) is 8.42 Å². The van der Waals surface area contributed by atoms with Crippen LogP contribution in [0, 0.1) is 20.8 Å². The largest absolute Gasteiger partial charge is 0.488 e. The zero-order valence-electron chi connectivity index (χ0n) is 21.5. The number of likely N-dealkylation sites (N-methyl/N-ethyl adjacent to an activating group) is 1. The fourth-order valence-corrected chi connectivity index (χ4v) is 6.67. The van der Waals surface area contributed by atoms with E-state index in [2.05, 4.69) is 4.72 Å². The predicted molar refractivity (Wildman–Crippen MR) is 132 cm³/mol. The summed E-state index contributed by atoms with van der Waals surface area (Å²) in [5.41, 5.74) is 1.46. The molecule has 0 unspecified atom stereocenters. The standard InChI is InChI=1S/C26H33F3N2O4S/c1-15-16(2)24(17(3)20-9-11-25(4,5)35-23(15)20)36(32,33)30-18-7-8-21(26(27,28)29)22(13-18)34-19-10-12-31(6)14-19/h7-8,13,19,30H,9-12,14H2,1-6H3/t19-/m1/s1. The van der Waals surface area contributed by atoms with Crippen LogP contribution in [0.1, 0.15) is 54.5 Å². The molecule has 36 heavy (non-hydrogen) atoms. The van der Waals surface area contributed by atoms with Gasteiger partial charge >= 0.3 is 6.18 Å². The van der Waals surface area contributed by atoms with E-state index < -0.39 is 27.9 Å². The lowest BCUT2D eigenvalue weighted by atomic mass is 9.88. The Morgan fingerprint density at radius 3 is 2.44 bits per heavy atom. The molecule has 2 heterocycles. The summed E-state index contributed by atoms with van der Waals surface area (Å²) < 4.78 is 82.5. The minimum Gasteiger partial charge on any atom is -0.488 e. The van der Waals surface area contributed by atoms with Crippen LogP contribution in [0.4, 0.5) is 18.9 Å². The quantitative estimate of drug-likeness (QED) is 0.548. The SMILES string of the molecule is Cc1c(C)c(S(=O)(=O)Nc2ccc(C(F)(F)F)c(O[C@@H]3CCN(C)C3)c2)c(C)c2c1OC(C)(C)CC2. The second-order valence-corrected chi connectivity index (χ2v) is 12.1. The van der Waals surface area contributed by atoms with Crippen molar-refractivity contribution in [2.24, 2.45) is 0 Å². The summed E-state index contributed by atoms with van der Waals surface area (Å²) >= 11 is 0. The molecule has 1 atom stereocenters. The van der Waals surface area contributed by atoms with Crippen LogP contribution in [-0.4, -0.2) is 45.2 Å². The molecule has 6 nitrogen and oxygen atoms in total. The Hall–Kier alpha value is -2.46. The molecule has 2 aliphatic heterocycles. The topological polar surface area (TPSA) is 67.9 Å². The second kappa shape index (κ2) is 9.13. The number of benzene rings is 2. The molecule has 0 spiro atoms. The Bertz CT molecular complexity index is 1290. The predicted octanol–water partition coefficient (Wildman–Crippen LogP) is 5.62. The van der Waals surface area contributed by atoms with Crippen LogP contribution in [-0.2, 0) is 22.6 Å². The number of ether oxygens (including phenoxy) is 2. The van der Waals surface area contributed by atoms with Gasteiger partial charge in [-0.3, -0.25) is 4.72 Å². The Morgan fingerprint density at radius 1 is 1.14 bits per heavy atom. The van der Waals surface area contributed by atoms with Crippen molar-refractivity contribution in [3.63, 3.8) is 0 Å². The van der Waals surface area contributed by atoms with E-state index >= 15 is 0 Å². The van der Waals surface area contributed by atoms with Gasteiger partial charge in [-0.15, -0.1) is 0 Å². The maximum Gasteiger partial charge on any atom is 0.419 e. The fraction of sp³-hybridized carbons (Fsp3) is 0.538. The fourth-order valence-electron chi connectivity index (χ4n) is 5.05. The molecule has 0 aliphatic carbocycles. The molecule has 0 saturated carbocycles. The van der Waals surface area contributed by atoms with Crippen LogP contribution in [0.5, 0.6) is 11.5 Å². The maximum atomic E-state index is 13.7. The van der Waals surface area contributed by atoms with Gasteiger partial charge in [0.2, 0.25) is 0 Å². The third kappa shape index (κ3) is 5.16. The van der Waals surface area contributed by atoms with Crippen molar-refractivity contribution in [3.8, 4) is 11.5 Å². The number of nitrogens with zero attached hydrogens (tertiary/aromatic N) is 1. The van der Waals surface area contributed by atoms with E-state index in [4.69, 9.17) is 9.47 Å². The minimum absolute atomic E-state index is 0.0101. The van der Waals surface area contributed by atoms with Crippen LogP contribution < -0.4 is 14.2 Å². The van der Waals surface area contributed by atoms with Gasteiger partial charge in [0.15, 0.2) is 0 Å². The zero-order chi connectivity index (χ0) is 26.6. The summed E-state index contributed by atoms with van der Waals surface area (Å²) in [5.74, 6) is 0.334. The van der Waals surface area contributed by atoms with Gasteiger partial charge in [-0.05, 0) is 95.3 Å². The highest BCUT2D eigenvalue weighted by Gasteiger charge is 2.37. The normalized spacial score (nSPS) is 20.1. The third-order valence-electron chi connectivity index (χ3n) is 7.12. The second-order valence-electron chi connectivity index (χ2n) is 10.5. The number of fused-ring (bicyclic) bond motifs is 1. The Kier molecular flexibility index (Phi) is 6.75. The van der Waals surface area contributed by atoms with Crippen molar-refractivity contribution in [2.75, 3.05) is 24.9 Å². The van der Waals surface area contributed by atoms with E-state index in [0.29, 0.717) is 36.3 Å². The number of hydrogen-bond acceptors (Lipinski definition) is 5. The van der Waals surface area contributed by atoms with Gasteiger partial charge in [-0.2, -0.15) is 13.2 Å². The van der Waals surface area contributed by atoms with Crippen molar-refractivity contribution < 1.29 is 31.1 Å². The monoisotopic (exact) mass is 526 g/mol. The van der Waals surface area contributed by atoms with E-state index in [9.17, 15) is 21.6 Å². The van der Waals surface area contributed by atoms with E-state index in [1.165, 1.54) is 0 Å². The summed E-state index contributed by atoms with van der Waals surface area (Å²) in [5, 5.41) is 0. The molecule has 0 amide bonds. The maximum absolute atomic E-state index is 13.7. The van der Waals surface area contributed by atoms with Gasteiger partial charge in [0.05, 0.1) is 16.1 Å². The summed E-state index contributed by atoms with van der Waals surface area (Å²) in [7, 11) is -2.24. The number of halogens is 3. The molecule has 0 bridgehead atoms. The first-order chi connectivity index (χ1) is 16.6. The molecule has 1 fully saturated rings. The molecular formula is C26H33F3N2O4S. The molecule has 2 aromatic carbocycles. The first-order valence-corrected chi connectivity index (χ1v) is 13.5. The third-order valence-corrected chi connectivity index (χ3v) is 8.77. The van der Waals surface area contributed by atoms with Crippen molar-refractivity contribution in [3.05, 3.63) is 46.0 Å². The first kappa shape index (κ1) is 26.6. The molecule has 2 aromatic rings. The number of anilines is 1. The number of likely N-dealkylation sites (tertiary alicyclic amines) is 1. The van der Waals surface area contributed by atoms with Crippen molar-refractivity contribution >= 4 is 15.7 Å². The smallest absolute Gasteiger partial charge is 0.419 e. The average molecular weight is 527 g/mol. The van der Waals surface area contributed by atoms with Gasteiger partial charge in [0.25, 0.3) is 10.0 Å². The van der Waals surface area contributed by atoms with Gasteiger partial charge in [0, 0.05) is 19.2 Å². The van der Waals surface area contributed by atoms with E-state index in [1.807, 2.05) is 32.7 Å². The molecular weight excluding hydrogens is 493 g/mol. The molecule has 1 saturated heterocycles. The number of alkyl halides is 3. The molecule has 0 radical (unpaired) electrons. The average Bonchev–Trinajstić information content (AvgIpc) is 3.14. The van der Waals surface area contributed by atoms with Crippen LogP contribution in [0.2, 0.25) is 0 Å².